The minimum atomic E-state index is -0.173. The Labute approximate surface area is 205 Å². The van der Waals surface area contributed by atoms with Crippen LogP contribution in [0.25, 0.3) is 0 Å². The van der Waals surface area contributed by atoms with Crippen molar-refractivity contribution in [3.05, 3.63) is 29.3 Å². The summed E-state index contributed by atoms with van der Waals surface area (Å²) in [5, 5.41) is 1.33. The molecule has 1 aromatic carbocycles. The van der Waals surface area contributed by atoms with E-state index in [4.69, 9.17) is 0 Å². The van der Waals surface area contributed by atoms with E-state index in [-0.39, 0.29) is 35.9 Å². The maximum absolute atomic E-state index is 3.89. The molecule has 0 fully saturated rings. The normalized spacial score (nSPS) is 13.6. The number of anilines is 1. The third-order valence-corrected chi connectivity index (χ3v) is 13.2. The topological polar surface area (TPSA) is 3.24 Å². The van der Waals surface area contributed by atoms with Crippen LogP contribution in [0.4, 0.5) is 5.69 Å². The molecular weight excluding hydrogens is 580 g/mol. The molecule has 0 saturated heterocycles. The monoisotopic (exact) mass is 629 g/mol. The summed E-state index contributed by atoms with van der Waals surface area (Å²) in [5.41, 5.74) is 4.13. The van der Waals surface area contributed by atoms with E-state index in [1.807, 2.05) is 0 Å². The fourth-order valence-corrected chi connectivity index (χ4v) is 11.4. The second-order valence-corrected chi connectivity index (χ2v) is 20.4. The maximum Gasteiger partial charge on any atom is 0.00397 e. The van der Waals surface area contributed by atoms with Gasteiger partial charge in [-0.25, -0.2) is 0 Å². The summed E-state index contributed by atoms with van der Waals surface area (Å²) in [4.78, 5) is 2.26. The Kier molecular flexibility index (Phi) is 10.8. The van der Waals surface area contributed by atoms with Gasteiger partial charge in [-0.3, -0.25) is 0 Å². The number of benzene rings is 1. The van der Waals surface area contributed by atoms with Crippen LogP contribution in [0, 0.1) is 6.07 Å². The van der Waals surface area contributed by atoms with Crippen LogP contribution in [0.2, 0.25) is 0 Å². The standard InChI is InChI=1S/C26H48NP2.Ir/c1-23(2,3)28(24(4,5)6)18-20-15-21(17-22(16-20)27(13)14)19-29(25(7,8)9)26(10,11)12;/h16-17H,18-19H2,1-14H3;/q-1;. The molecule has 0 aliphatic rings. The van der Waals surface area contributed by atoms with E-state index in [2.05, 4.69) is 120 Å². The van der Waals surface area contributed by atoms with Gasteiger partial charge < -0.3 is 4.90 Å². The smallest absolute Gasteiger partial charge is 0.00397 e. The van der Waals surface area contributed by atoms with Crippen LogP contribution in [0.5, 0.6) is 0 Å². The van der Waals surface area contributed by atoms with Crippen molar-refractivity contribution < 1.29 is 20.1 Å². The van der Waals surface area contributed by atoms with E-state index < -0.39 is 0 Å². The van der Waals surface area contributed by atoms with Crippen LogP contribution >= 0.6 is 15.8 Å². The Morgan fingerprint density at radius 3 is 1.10 bits per heavy atom. The molecule has 1 nitrogen and oxygen atoms in total. The molecule has 4 heteroatoms. The van der Waals surface area contributed by atoms with Gasteiger partial charge in [0.25, 0.3) is 0 Å². The van der Waals surface area contributed by atoms with Gasteiger partial charge in [-0.1, -0.05) is 105 Å². The third kappa shape index (κ3) is 9.18. The third-order valence-electron chi connectivity index (χ3n) is 5.38. The minimum Gasteiger partial charge on any atom is -0.399 e. The summed E-state index contributed by atoms with van der Waals surface area (Å²) >= 11 is 0. The van der Waals surface area contributed by atoms with Gasteiger partial charge in [0.15, 0.2) is 0 Å². The molecule has 1 radical (unpaired) electrons. The van der Waals surface area contributed by atoms with Crippen molar-refractivity contribution in [3.63, 3.8) is 0 Å². The average molecular weight is 629 g/mol. The van der Waals surface area contributed by atoms with Crippen LogP contribution in [-0.4, -0.2) is 34.7 Å². The quantitative estimate of drug-likeness (QED) is 0.233. The molecular formula is C26H48IrNP2-. The molecule has 0 unspecified atom stereocenters. The molecule has 30 heavy (non-hydrogen) atoms. The van der Waals surface area contributed by atoms with Gasteiger partial charge in [-0.05, 0) is 32.9 Å². The molecule has 0 atom stereocenters. The van der Waals surface area contributed by atoms with E-state index >= 15 is 0 Å². The summed E-state index contributed by atoms with van der Waals surface area (Å²) < 4.78 is 0. The zero-order chi connectivity index (χ0) is 23.0. The number of nitrogens with zero attached hydrogens (tertiary/aromatic N) is 1. The van der Waals surface area contributed by atoms with Crippen molar-refractivity contribution in [2.24, 2.45) is 0 Å². The van der Waals surface area contributed by atoms with Gasteiger partial charge in [-0.15, -0.1) is 12.1 Å². The molecule has 0 spiro atoms. The van der Waals surface area contributed by atoms with Crippen molar-refractivity contribution in [1.29, 1.82) is 0 Å². The Morgan fingerprint density at radius 2 is 0.900 bits per heavy atom. The number of hydrogen-bond donors (Lipinski definition) is 0. The molecule has 1 rings (SSSR count). The van der Waals surface area contributed by atoms with E-state index in [1.54, 1.807) is 0 Å². The molecule has 0 N–H and O–H groups in total. The summed E-state index contributed by atoms with van der Waals surface area (Å²) in [6, 6.07) is 8.66. The zero-order valence-electron chi connectivity index (χ0n) is 22.2. The average Bonchev–Trinajstić information content (AvgIpc) is 2.45. The van der Waals surface area contributed by atoms with Gasteiger partial charge >= 0.3 is 0 Å². The molecule has 0 bridgehead atoms. The number of rotatable bonds is 5. The summed E-state index contributed by atoms with van der Waals surface area (Å²) in [6.45, 7) is 29.0. The second-order valence-electron chi connectivity index (χ2n) is 12.6. The van der Waals surface area contributed by atoms with Crippen LogP contribution in [-0.2, 0) is 32.4 Å². The first-order valence-corrected chi connectivity index (χ1v) is 14.1. The SMILES string of the molecule is CN(C)c1cc(CP(C(C)(C)C)C(C)(C)C)[c-]c(CP(C(C)(C)C)C(C)(C)C)c1.[Ir]. The van der Waals surface area contributed by atoms with Gasteiger partial charge in [0.1, 0.15) is 0 Å². The van der Waals surface area contributed by atoms with Crippen molar-refractivity contribution in [2.45, 2.75) is 116 Å². The summed E-state index contributed by atoms with van der Waals surface area (Å²) in [7, 11) is 3.98. The molecule has 1 aromatic rings. The first kappa shape index (κ1) is 30.5. The molecule has 0 aromatic heterocycles. The van der Waals surface area contributed by atoms with Crippen LogP contribution in [0.15, 0.2) is 12.1 Å². The molecule has 0 saturated carbocycles. The van der Waals surface area contributed by atoms with E-state index in [0.29, 0.717) is 20.6 Å². The van der Waals surface area contributed by atoms with Crippen molar-refractivity contribution >= 4 is 21.5 Å². The Morgan fingerprint density at radius 1 is 0.633 bits per heavy atom. The first-order valence-electron chi connectivity index (χ1n) is 11.0. The summed E-state index contributed by atoms with van der Waals surface area (Å²) in [6.07, 6.45) is 2.31. The van der Waals surface area contributed by atoms with E-state index in [1.165, 1.54) is 16.8 Å². The predicted molar refractivity (Wildman–Crippen MR) is 140 cm³/mol. The van der Waals surface area contributed by atoms with Crippen molar-refractivity contribution in [3.8, 4) is 0 Å². The Bertz CT molecular complexity index is 590. The predicted octanol–water partition coefficient (Wildman–Crippen LogP) is 8.71. The van der Waals surface area contributed by atoms with Crippen LogP contribution in [0.3, 0.4) is 0 Å². The maximum atomic E-state index is 3.89. The van der Waals surface area contributed by atoms with Crippen LogP contribution < -0.4 is 4.90 Å². The Balaban J connectivity index is 0.00000841. The van der Waals surface area contributed by atoms with Gasteiger partial charge in [0.2, 0.25) is 0 Å². The van der Waals surface area contributed by atoms with Crippen molar-refractivity contribution in [1.82, 2.24) is 0 Å². The zero-order valence-corrected chi connectivity index (χ0v) is 26.4. The van der Waals surface area contributed by atoms with Gasteiger partial charge in [0.05, 0.1) is 0 Å². The molecule has 0 amide bonds. The van der Waals surface area contributed by atoms with Gasteiger partial charge in [0, 0.05) is 34.2 Å². The molecule has 0 aliphatic heterocycles. The van der Waals surface area contributed by atoms with E-state index in [9.17, 15) is 0 Å². The summed E-state index contributed by atoms with van der Waals surface area (Å²) in [5.74, 6) is 0. The minimum absolute atomic E-state index is 0. The molecule has 0 aliphatic carbocycles. The van der Waals surface area contributed by atoms with Crippen molar-refractivity contribution in [2.75, 3.05) is 19.0 Å². The van der Waals surface area contributed by atoms with Crippen LogP contribution in [0.1, 0.15) is 94.2 Å². The van der Waals surface area contributed by atoms with Gasteiger partial charge in [-0.2, -0.15) is 17.2 Å². The fraction of sp³-hybridized carbons (Fsp3) is 0.769. The first-order chi connectivity index (χ1) is 12.7. The molecule has 177 valence electrons. The molecule has 0 heterocycles. The van der Waals surface area contributed by atoms with E-state index in [0.717, 1.165) is 12.3 Å². The Hall–Kier alpha value is 0.529. The largest absolute Gasteiger partial charge is 0.399 e. The second kappa shape index (κ2) is 10.6. The fourth-order valence-electron chi connectivity index (χ4n) is 4.41. The number of hydrogen-bond acceptors (Lipinski definition) is 1.